The predicted molar refractivity (Wildman–Crippen MR) is 102 cm³/mol. The van der Waals surface area contributed by atoms with Crippen LogP contribution in [0.15, 0.2) is 47.2 Å². The van der Waals surface area contributed by atoms with Gasteiger partial charge in [-0.25, -0.2) is 0 Å². The third-order valence-electron chi connectivity index (χ3n) is 6.55. The Balaban J connectivity index is 1.82. The van der Waals surface area contributed by atoms with Gasteiger partial charge in [-0.15, -0.1) is 5.10 Å². The molecule has 4 atom stereocenters. The second-order valence-electron chi connectivity index (χ2n) is 7.78. The zero-order valence-corrected chi connectivity index (χ0v) is 15.2. The number of allylic oxidation sites excluding steroid dienone is 2. The van der Waals surface area contributed by atoms with Gasteiger partial charge in [-0.05, 0) is 50.5 Å². The predicted octanol–water partition coefficient (Wildman–Crippen LogP) is 2.78. The Kier molecular flexibility index (Phi) is 4.78. The number of benzene rings is 1. The zero-order chi connectivity index (χ0) is 18.1. The van der Waals surface area contributed by atoms with Crippen molar-refractivity contribution in [2.75, 3.05) is 0 Å². The van der Waals surface area contributed by atoms with E-state index in [0.29, 0.717) is 5.92 Å². The van der Waals surface area contributed by atoms with Crippen LogP contribution in [-0.4, -0.2) is 16.7 Å². The van der Waals surface area contributed by atoms with Gasteiger partial charge in [0.25, 0.3) is 0 Å². The molecule has 1 aromatic carbocycles. The van der Waals surface area contributed by atoms with Crippen LogP contribution in [0.3, 0.4) is 0 Å². The van der Waals surface area contributed by atoms with Crippen molar-refractivity contribution in [2.24, 2.45) is 27.9 Å². The SMILES string of the molecule is C/C=C(/NN=C(N)N)[C@@H]1CC[C@]2(O)C[C@@H](c3ccccc3)CC[C@]12C. The Hall–Kier alpha value is -2.01. The minimum absolute atomic E-state index is 0.0190. The summed E-state index contributed by atoms with van der Waals surface area (Å²) in [6.07, 6.45) is 6.70. The number of hydrazone groups is 1. The summed E-state index contributed by atoms with van der Waals surface area (Å²) in [7, 11) is 0. The molecule has 0 bridgehead atoms. The zero-order valence-electron chi connectivity index (χ0n) is 15.2. The van der Waals surface area contributed by atoms with Gasteiger partial charge in [-0.2, -0.15) is 0 Å². The van der Waals surface area contributed by atoms with E-state index in [1.165, 1.54) is 5.56 Å². The quantitative estimate of drug-likeness (QED) is 0.384. The van der Waals surface area contributed by atoms with Gasteiger partial charge in [-0.3, -0.25) is 5.43 Å². The van der Waals surface area contributed by atoms with Crippen LogP contribution in [0.5, 0.6) is 0 Å². The highest BCUT2D eigenvalue weighted by Gasteiger charge is 2.59. The summed E-state index contributed by atoms with van der Waals surface area (Å²) in [6, 6.07) is 10.6. The molecular weight excluding hydrogens is 312 g/mol. The summed E-state index contributed by atoms with van der Waals surface area (Å²) in [4.78, 5) is 0. The molecule has 0 unspecified atom stereocenters. The highest BCUT2D eigenvalue weighted by atomic mass is 16.3. The number of nitrogens with two attached hydrogens (primary N) is 2. The molecule has 0 amide bonds. The molecule has 6 N–H and O–H groups in total. The van der Waals surface area contributed by atoms with Gasteiger partial charge in [0.15, 0.2) is 0 Å². The fraction of sp³-hybridized carbons (Fsp3) is 0.550. The lowest BCUT2D eigenvalue weighted by Gasteiger charge is -2.49. The molecule has 5 nitrogen and oxygen atoms in total. The average molecular weight is 342 g/mol. The normalized spacial score (nSPS) is 35.1. The Labute approximate surface area is 150 Å². The van der Waals surface area contributed by atoms with Crippen molar-refractivity contribution in [3.63, 3.8) is 0 Å². The largest absolute Gasteiger partial charge is 0.389 e. The first-order valence-electron chi connectivity index (χ1n) is 9.18. The summed E-state index contributed by atoms with van der Waals surface area (Å²) in [5.41, 5.74) is 15.5. The molecule has 5 heteroatoms. The standard InChI is InChI=1S/C20H30N4O/c1-3-17(23-24-18(21)22)16-10-12-20(25)13-15(9-11-19(16,20)2)14-7-5-4-6-8-14/h3-8,15-16,23,25H,9-13H2,1-2H3,(H4,21,22,24)/b17-3+/t15-,16-,19+,20-/m0/s1. The number of fused-ring (bicyclic) bond motifs is 1. The Bertz CT molecular complexity index is 668. The highest BCUT2D eigenvalue weighted by Crippen LogP contribution is 2.62. The van der Waals surface area contributed by atoms with Gasteiger partial charge >= 0.3 is 0 Å². The summed E-state index contributed by atoms with van der Waals surface area (Å²) >= 11 is 0. The molecule has 2 saturated carbocycles. The molecule has 0 radical (unpaired) electrons. The van der Waals surface area contributed by atoms with Gasteiger partial charge in [-0.1, -0.05) is 43.3 Å². The molecule has 136 valence electrons. The third kappa shape index (κ3) is 3.13. The molecule has 0 saturated heterocycles. The second kappa shape index (κ2) is 6.71. The Morgan fingerprint density at radius 2 is 1.96 bits per heavy atom. The molecule has 3 rings (SSSR count). The number of aliphatic hydroxyl groups is 1. The number of hydrogen-bond acceptors (Lipinski definition) is 3. The first-order valence-corrected chi connectivity index (χ1v) is 9.18. The lowest BCUT2D eigenvalue weighted by molar-refractivity contribution is -0.100. The first kappa shape index (κ1) is 17.8. The van der Waals surface area contributed by atoms with Gasteiger partial charge in [0, 0.05) is 17.0 Å². The van der Waals surface area contributed by atoms with Gasteiger partial charge in [0.2, 0.25) is 5.96 Å². The van der Waals surface area contributed by atoms with Gasteiger partial charge < -0.3 is 16.6 Å². The summed E-state index contributed by atoms with van der Waals surface area (Å²) in [5, 5.41) is 15.5. The van der Waals surface area contributed by atoms with Gasteiger partial charge in [0.05, 0.1) is 5.60 Å². The minimum Gasteiger partial charge on any atom is -0.389 e. The number of hydrogen-bond donors (Lipinski definition) is 4. The monoisotopic (exact) mass is 342 g/mol. The lowest BCUT2D eigenvalue weighted by atomic mass is 9.59. The molecular formula is C20H30N4O. The van der Waals surface area contributed by atoms with E-state index < -0.39 is 5.60 Å². The van der Waals surface area contributed by atoms with E-state index >= 15 is 0 Å². The molecule has 0 aliphatic heterocycles. The number of nitrogens with one attached hydrogen (secondary N) is 1. The van der Waals surface area contributed by atoms with Crippen molar-refractivity contribution < 1.29 is 5.11 Å². The van der Waals surface area contributed by atoms with Crippen LogP contribution >= 0.6 is 0 Å². The van der Waals surface area contributed by atoms with E-state index in [1.54, 1.807) is 0 Å². The van der Waals surface area contributed by atoms with Crippen LogP contribution in [0.25, 0.3) is 0 Å². The minimum atomic E-state index is -0.648. The summed E-state index contributed by atoms with van der Waals surface area (Å²) in [6.45, 7) is 4.22. The highest BCUT2D eigenvalue weighted by molar-refractivity contribution is 5.75. The molecule has 0 aromatic heterocycles. The van der Waals surface area contributed by atoms with Crippen molar-refractivity contribution in [3.05, 3.63) is 47.7 Å². The number of rotatable bonds is 4. The van der Waals surface area contributed by atoms with E-state index in [2.05, 4.69) is 41.7 Å². The maximum atomic E-state index is 11.6. The molecule has 2 aliphatic rings. The molecule has 0 spiro atoms. The van der Waals surface area contributed by atoms with Crippen LogP contribution in [0.1, 0.15) is 57.4 Å². The average Bonchev–Trinajstić information content (AvgIpc) is 2.87. The van der Waals surface area contributed by atoms with Crippen molar-refractivity contribution in [3.8, 4) is 0 Å². The van der Waals surface area contributed by atoms with Crippen LogP contribution in [0.2, 0.25) is 0 Å². The van der Waals surface area contributed by atoms with Crippen LogP contribution in [0, 0.1) is 11.3 Å². The molecule has 1 aromatic rings. The Morgan fingerprint density at radius 1 is 1.24 bits per heavy atom. The van der Waals surface area contributed by atoms with Crippen molar-refractivity contribution in [1.82, 2.24) is 5.43 Å². The maximum Gasteiger partial charge on any atom is 0.208 e. The van der Waals surface area contributed by atoms with E-state index in [4.69, 9.17) is 11.5 Å². The van der Waals surface area contributed by atoms with E-state index in [9.17, 15) is 5.11 Å². The molecule has 2 fully saturated rings. The topological polar surface area (TPSA) is 96.7 Å². The third-order valence-corrected chi connectivity index (χ3v) is 6.55. The van der Waals surface area contributed by atoms with Gasteiger partial charge in [0.1, 0.15) is 0 Å². The van der Waals surface area contributed by atoms with Crippen LogP contribution < -0.4 is 16.9 Å². The second-order valence-corrected chi connectivity index (χ2v) is 7.78. The molecule has 2 aliphatic carbocycles. The fourth-order valence-electron chi connectivity index (χ4n) is 5.02. The fourth-order valence-corrected chi connectivity index (χ4v) is 5.02. The van der Waals surface area contributed by atoms with Crippen molar-refractivity contribution in [2.45, 2.75) is 57.5 Å². The van der Waals surface area contributed by atoms with Crippen molar-refractivity contribution in [1.29, 1.82) is 0 Å². The first-order chi connectivity index (χ1) is 11.9. The maximum absolute atomic E-state index is 11.6. The van der Waals surface area contributed by atoms with Crippen molar-refractivity contribution >= 4 is 5.96 Å². The Morgan fingerprint density at radius 3 is 2.60 bits per heavy atom. The van der Waals surface area contributed by atoms with Crippen LogP contribution in [0.4, 0.5) is 0 Å². The summed E-state index contributed by atoms with van der Waals surface area (Å²) < 4.78 is 0. The van der Waals surface area contributed by atoms with E-state index in [0.717, 1.165) is 37.8 Å². The lowest BCUT2D eigenvalue weighted by Crippen LogP contribution is -2.50. The molecule has 25 heavy (non-hydrogen) atoms. The van der Waals surface area contributed by atoms with E-state index in [-0.39, 0.29) is 17.3 Å². The summed E-state index contributed by atoms with van der Waals surface area (Å²) in [5.74, 6) is 0.686. The van der Waals surface area contributed by atoms with Crippen LogP contribution in [-0.2, 0) is 0 Å². The number of guanidine groups is 1. The smallest absolute Gasteiger partial charge is 0.208 e. The number of nitrogens with zero attached hydrogens (tertiary/aromatic N) is 1. The molecule has 0 heterocycles. The van der Waals surface area contributed by atoms with E-state index in [1.807, 2.05) is 19.1 Å².